The quantitative estimate of drug-likeness (QED) is 0.548. The lowest BCUT2D eigenvalue weighted by Gasteiger charge is -2.06. The van der Waals surface area contributed by atoms with Crippen LogP contribution in [-0.2, 0) is 0 Å². The highest BCUT2D eigenvalue weighted by molar-refractivity contribution is 8.04. The Bertz CT molecular complexity index is 132. The molecule has 8 heavy (non-hydrogen) atoms. The first-order valence-electron chi connectivity index (χ1n) is 2.06. The van der Waals surface area contributed by atoms with Crippen molar-refractivity contribution in [2.24, 2.45) is 0 Å². The van der Waals surface area contributed by atoms with Gasteiger partial charge in [-0.05, 0) is 17.8 Å². The first kappa shape index (κ1) is 6.04. The van der Waals surface area contributed by atoms with Gasteiger partial charge in [-0.2, -0.15) is 8.78 Å². The first-order valence-corrected chi connectivity index (χ1v) is 2.88. The van der Waals surface area contributed by atoms with Gasteiger partial charge in [0.05, 0.1) is 0 Å². The van der Waals surface area contributed by atoms with Gasteiger partial charge in [-0.25, -0.2) is 0 Å². The van der Waals surface area contributed by atoms with Gasteiger partial charge >= 0.3 is 0 Å². The summed E-state index contributed by atoms with van der Waals surface area (Å²) in [6.45, 7) is 0. The third-order valence-corrected chi connectivity index (χ3v) is 1.61. The molecule has 0 aromatic carbocycles. The van der Waals surface area contributed by atoms with E-state index in [1.54, 1.807) is 0 Å². The largest absolute Gasteiger partial charge is 0.353 e. The molecular formula is C4H4F2OS. The summed E-state index contributed by atoms with van der Waals surface area (Å²) in [5, 5.41) is 5.34. The SMILES string of the molecule is O[C@@]1(F)CC=C(F)S1. The number of rotatable bonds is 0. The molecule has 4 heteroatoms. The van der Waals surface area contributed by atoms with Crippen molar-refractivity contribution in [1.82, 2.24) is 0 Å². The molecule has 0 fully saturated rings. The molecule has 0 spiro atoms. The second-order valence-electron chi connectivity index (χ2n) is 1.50. The van der Waals surface area contributed by atoms with E-state index in [2.05, 4.69) is 0 Å². The fourth-order valence-electron chi connectivity index (χ4n) is 0.439. The summed E-state index contributed by atoms with van der Waals surface area (Å²) in [6, 6.07) is 0. The molecule has 0 saturated carbocycles. The highest BCUT2D eigenvalue weighted by Crippen LogP contribution is 2.41. The Hall–Kier alpha value is -0.0900. The van der Waals surface area contributed by atoms with Crippen LogP contribution in [0.4, 0.5) is 8.78 Å². The first-order chi connectivity index (χ1) is 3.60. The van der Waals surface area contributed by atoms with E-state index in [9.17, 15) is 8.78 Å². The molecule has 0 aromatic rings. The van der Waals surface area contributed by atoms with Crippen molar-refractivity contribution in [2.45, 2.75) is 11.6 Å². The zero-order valence-corrected chi connectivity index (χ0v) is 4.71. The number of hydrogen-bond donors (Lipinski definition) is 1. The lowest BCUT2D eigenvalue weighted by Crippen LogP contribution is -2.10. The standard InChI is InChI=1S/C4H4F2OS/c5-3-1-2-4(6,7)8-3/h1,7H,2H2/t4-/m0/s1. The summed E-state index contributed by atoms with van der Waals surface area (Å²) >= 11 is 0.206. The van der Waals surface area contributed by atoms with Crippen LogP contribution in [0.15, 0.2) is 11.2 Å². The van der Waals surface area contributed by atoms with E-state index in [1.807, 2.05) is 0 Å². The lowest BCUT2D eigenvalue weighted by atomic mass is 10.4. The fraction of sp³-hybridized carbons (Fsp3) is 0.500. The van der Waals surface area contributed by atoms with E-state index in [0.29, 0.717) is 0 Å². The number of aliphatic hydroxyl groups is 1. The lowest BCUT2D eigenvalue weighted by molar-refractivity contribution is 0.0101. The van der Waals surface area contributed by atoms with E-state index in [1.165, 1.54) is 0 Å². The van der Waals surface area contributed by atoms with Gasteiger partial charge in [-0.3, -0.25) is 0 Å². The molecule has 0 bridgehead atoms. The number of hydrogen-bond acceptors (Lipinski definition) is 2. The number of halogens is 2. The molecule has 0 saturated heterocycles. The molecule has 1 aliphatic heterocycles. The third-order valence-electron chi connectivity index (χ3n) is 0.768. The Morgan fingerprint density at radius 3 is 2.62 bits per heavy atom. The Morgan fingerprint density at radius 1 is 1.88 bits per heavy atom. The monoisotopic (exact) mass is 138 g/mol. The highest BCUT2D eigenvalue weighted by Gasteiger charge is 2.32. The van der Waals surface area contributed by atoms with Crippen molar-refractivity contribution in [3.63, 3.8) is 0 Å². The minimum absolute atomic E-state index is 0.206. The predicted octanol–water partition coefficient (Wildman–Crippen LogP) is 1.55. The van der Waals surface area contributed by atoms with Gasteiger partial charge in [0.1, 0.15) is 0 Å². The van der Waals surface area contributed by atoms with E-state index in [0.717, 1.165) is 6.08 Å². The molecule has 0 aliphatic carbocycles. The smallest absolute Gasteiger partial charge is 0.265 e. The summed E-state index contributed by atoms with van der Waals surface area (Å²) in [6.07, 6.45) is 0.772. The van der Waals surface area contributed by atoms with Crippen molar-refractivity contribution in [2.75, 3.05) is 0 Å². The van der Waals surface area contributed by atoms with Crippen LogP contribution in [-0.4, -0.2) is 10.3 Å². The average Bonchev–Trinajstić information content (AvgIpc) is 1.82. The highest BCUT2D eigenvalue weighted by atomic mass is 32.2. The van der Waals surface area contributed by atoms with E-state index in [-0.39, 0.29) is 18.2 Å². The Kier molecular flexibility index (Phi) is 1.28. The summed E-state index contributed by atoms with van der Waals surface area (Å²) < 4.78 is 23.9. The van der Waals surface area contributed by atoms with Gasteiger partial charge < -0.3 is 5.11 Å². The minimum Gasteiger partial charge on any atom is -0.353 e. The Balaban J connectivity index is 2.55. The second-order valence-corrected chi connectivity index (χ2v) is 2.72. The molecule has 1 rings (SSSR count). The van der Waals surface area contributed by atoms with E-state index < -0.39 is 10.3 Å². The molecule has 0 aromatic heterocycles. The molecule has 1 atom stereocenters. The maximum atomic E-state index is 12.1. The second kappa shape index (κ2) is 1.70. The van der Waals surface area contributed by atoms with Crippen molar-refractivity contribution >= 4 is 11.8 Å². The van der Waals surface area contributed by atoms with E-state index in [4.69, 9.17) is 5.11 Å². The zero-order chi connectivity index (χ0) is 6.20. The third kappa shape index (κ3) is 1.20. The normalized spacial score (nSPS) is 37.6. The van der Waals surface area contributed by atoms with E-state index >= 15 is 0 Å². The summed E-state index contributed by atoms with van der Waals surface area (Å²) in [4.78, 5) is 0. The average molecular weight is 138 g/mol. The van der Waals surface area contributed by atoms with Crippen molar-refractivity contribution < 1.29 is 13.9 Å². The van der Waals surface area contributed by atoms with Crippen LogP contribution in [0.2, 0.25) is 0 Å². The Morgan fingerprint density at radius 2 is 2.50 bits per heavy atom. The van der Waals surface area contributed by atoms with Crippen LogP contribution < -0.4 is 0 Å². The van der Waals surface area contributed by atoms with Gasteiger partial charge in [0.25, 0.3) is 5.19 Å². The maximum Gasteiger partial charge on any atom is 0.265 e. The van der Waals surface area contributed by atoms with Crippen LogP contribution in [0.5, 0.6) is 0 Å². The Labute approximate surface area is 49.4 Å². The molecule has 0 radical (unpaired) electrons. The number of thioether (sulfide) groups is 1. The van der Waals surface area contributed by atoms with Crippen molar-refractivity contribution in [3.8, 4) is 0 Å². The summed E-state index contributed by atoms with van der Waals surface area (Å²) in [7, 11) is 0. The molecule has 0 amide bonds. The van der Waals surface area contributed by atoms with Gasteiger partial charge in [0, 0.05) is 6.42 Å². The molecule has 46 valence electrons. The van der Waals surface area contributed by atoms with Gasteiger partial charge in [-0.1, -0.05) is 0 Å². The van der Waals surface area contributed by atoms with Gasteiger partial charge in [0.2, 0.25) is 0 Å². The molecule has 0 unspecified atom stereocenters. The molecular weight excluding hydrogens is 134 g/mol. The number of alkyl halides is 1. The van der Waals surface area contributed by atoms with Crippen molar-refractivity contribution in [3.05, 3.63) is 11.2 Å². The topological polar surface area (TPSA) is 20.2 Å². The molecule has 1 nitrogen and oxygen atoms in total. The maximum absolute atomic E-state index is 12.1. The van der Waals surface area contributed by atoms with Crippen LogP contribution in [0.3, 0.4) is 0 Å². The molecule has 1 aliphatic rings. The van der Waals surface area contributed by atoms with Crippen LogP contribution in [0.1, 0.15) is 6.42 Å². The fourth-order valence-corrected chi connectivity index (χ4v) is 1.07. The van der Waals surface area contributed by atoms with Gasteiger partial charge in [0.15, 0.2) is 5.16 Å². The summed E-state index contributed by atoms with van der Waals surface area (Å²) in [5.74, 6) is 0. The minimum atomic E-state index is -2.38. The van der Waals surface area contributed by atoms with Crippen LogP contribution in [0.25, 0.3) is 0 Å². The zero-order valence-electron chi connectivity index (χ0n) is 3.90. The summed E-state index contributed by atoms with van der Waals surface area (Å²) in [5.41, 5.74) is 0. The van der Waals surface area contributed by atoms with Crippen LogP contribution in [0, 0.1) is 0 Å². The molecule has 1 heterocycles. The van der Waals surface area contributed by atoms with Gasteiger partial charge in [-0.15, -0.1) is 0 Å². The predicted molar refractivity (Wildman–Crippen MR) is 27.5 cm³/mol. The van der Waals surface area contributed by atoms with Crippen molar-refractivity contribution in [1.29, 1.82) is 0 Å². The van der Waals surface area contributed by atoms with Crippen LogP contribution >= 0.6 is 11.8 Å². The molecule has 1 N–H and O–H groups in total.